The van der Waals surface area contributed by atoms with E-state index in [2.05, 4.69) is 15.4 Å². The second kappa shape index (κ2) is 8.47. The van der Waals surface area contributed by atoms with E-state index in [9.17, 15) is 13.6 Å². The first-order valence-electron chi connectivity index (χ1n) is 6.55. The van der Waals surface area contributed by atoms with Crippen molar-refractivity contribution in [2.75, 3.05) is 6.54 Å². The van der Waals surface area contributed by atoms with E-state index < -0.39 is 6.61 Å². The zero-order valence-corrected chi connectivity index (χ0v) is 11.7. The lowest BCUT2D eigenvalue weighted by atomic mass is 10.2. The molecule has 4 nitrogen and oxygen atoms in total. The quantitative estimate of drug-likeness (QED) is 0.771. The third-order valence-corrected chi connectivity index (χ3v) is 2.89. The molecule has 0 bridgehead atoms. The second-order valence-corrected chi connectivity index (χ2v) is 4.45. The van der Waals surface area contributed by atoms with Crippen molar-refractivity contribution in [3.63, 3.8) is 0 Å². The maximum atomic E-state index is 12.2. The van der Waals surface area contributed by atoms with Gasteiger partial charge < -0.3 is 15.4 Å². The predicted molar refractivity (Wildman–Crippen MR) is 72.7 cm³/mol. The van der Waals surface area contributed by atoms with Gasteiger partial charge >= 0.3 is 6.61 Å². The molecule has 0 aliphatic carbocycles. The number of benzene rings is 1. The third-order valence-electron chi connectivity index (χ3n) is 2.89. The van der Waals surface area contributed by atoms with Crippen LogP contribution in [0.5, 0.6) is 5.75 Å². The molecule has 0 aromatic heterocycles. The van der Waals surface area contributed by atoms with Gasteiger partial charge in [0.2, 0.25) is 5.91 Å². The summed E-state index contributed by atoms with van der Waals surface area (Å²) in [7, 11) is 0. The summed E-state index contributed by atoms with van der Waals surface area (Å²) < 4.78 is 28.8. The minimum atomic E-state index is -2.88. The average molecular weight is 286 g/mol. The largest absolute Gasteiger partial charge is 0.434 e. The van der Waals surface area contributed by atoms with Crippen molar-refractivity contribution in [3.05, 3.63) is 29.8 Å². The van der Waals surface area contributed by atoms with Gasteiger partial charge in [0.25, 0.3) is 0 Å². The van der Waals surface area contributed by atoms with Crippen LogP contribution < -0.4 is 15.4 Å². The Balaban J connectivity index is 2.46. The van der Waals surface area contributed by atoms with Crippen molar-refractivity contribution in [2.24, 2.45) is 0 Å². The summed E-state index contributed by atoms with van der Waals surface area (Å²) in [6, 6.07) is 6.66. The van der Waals surface area contributed by atoms with Crippen molar-refractivity contribution in [2.45, 2.75) is 39.5 Å². The molecule has 1 aromatic rings. The van der Waals surface area contributed by atoms with Crippen LogP contribution in [0.4, 0.5) is 8.78 Å². The summed E-state index contributed by atoms with van der Waals surface area (Å²) in [5.74, 6) is -0.102. The highest BCUT2D eigenvalue weighted by Crippen LogP contribution is 2.19. The van der Waals surface area contributed by atoms with E-state index in [0.29, 0.717) is 5.56 Å². The van der Waals surface area contributed by atoms with E-state index in [1.165, 1.54) is 6.07 Å². The summed E-state index contributed by atoms with van der Waals surface area (Å²) in [4.78, 5) is 11.6. The first-order chi connectivity index (χ1) is 9.52. The molecule has 0 aliphatic rings. The molecule has 2 N–H and O–H groups in total. The fourth-order valence-corrected chi connectivity index (χ4v) is 1.53. The second-order valence-electron chi connectivity index (χ2n) is 4.45. The van der Waals surface area contributed by atoms with Gasteiger partial charge in [0.1, 0.15) is 5.75 Å². The molecule has 0 radical (unpaired) electrons. The van der Waals surface area contributed by atoms with E-state index >= 15 is 0 Å². The lowest BCUT2D eigenvalue weighted by molar-refractivity contribution is -0.120. The fourth-order valence-electron chi connectivity index (χ4n) is 1.53. The fraction of sp³-hybridized carbons (Fsp3) is 0.500. The number of rotatable bonds is 8. The van der Waals surface area contributed by atoms with Crippen LogP contribution in [-0.4, -0.2) is 25.1 Å². The molecule has 1 atom stereocenters. The molecule has 0 saturated heterocycles. The minimum absolute atomic E-state index is 0.0812. The Kier molecular flexibility index (Phi) is 6.93. The first-order valence-corrected chi connectivity index (χ1v) is 6.55. The molecule has 0 aliphatic heterocycles. The summed E-state index contributed by atoms with van der Waals surface area (Å²) in [5, 5.41) is 5.72. The number of carbonyl (C=O) groups is 1. The Morgan fingerprint density at radius 1 is 1.35 bits per heavy atom. The molecule has 20 heavy (non-hydrogen) atoms. The Hall–Kier alpha value is -1.69. The van der Waals surface area contributed by atoms with E-state index in [0.717, 1.165) is 6.42 Å². The molecule has 112 valence electrons. The van der Waals surface area contributed by atoms with E-state index in [1.54, 1.807) is 18.2 Å². The van der Waals surface area contributed by atoms with Crippen molar-refractivity contribution in [1.29, 1.82) is 0 Å². The van der Waals surface area contributed by atoms with Gasteiger partial charge in [0.05, 0.1) is 6.54 Å². The van der Waals surface area contributed by atoms with Crippen LogP contribution in [0.3, 0.4) is 0 Å². The zero-order valence-electron chi connectivity index (χ0n) is 11.7. The number of hydrogen-bond donors (Lipinski definition) is 2. The van der Waals surface area contributed by atoms with Crippen LogP contribution >= 0.6 is 0 Å². The highest BCUT2D eigenvalue weighted by Gasteiger charge is 2.10. The molecule has 0 fully saturated rings. The smallest absolute Gasteiger partial charge is 0.387 e. The predicted octanol–water partition coefficient (Wildman–Crippen LogP) is 2.29. The van der Waals surface area contributed by atoms with Crippen molar-refractivity contribution >= 4 is 5.91 Å². The van der Waals surface area contributed by atoms with Gasteiger partial charge in [-0.3, -0.25) is 4.79 Å². The number of amides is 1. The van der Waals surface area contributed by atoms with Crippen molar-refractivity contribution in [3.8, 4) is 5.75 Å². The van der Waals surface area contributed by atoms with Gasteiger partial charge in [0.15, 0.2) is 0 Å². The monoisotopic (exact) mass is 286 g/mol. The number of ether oxygens (including phenoxy) is 1. The maximum Gasteiger partial charge on any atom is 0.387 e. The van der Waals surface area contributed by atoms with Crippen molar-refractivity contribution in [1.82, 2.24) is 10.6 Å². The highest BCUT2D eigenvalue weighted by molar-refractivity contribution is 5.78. The van der Waals surface area contributed by atoms with Crippen LogP contribution in [-0.2, 0) is 11.3 Å². The highest BCUT2D eigenvalue weighted by atomic mass is 19.3. The van der Waals surface area contributed by atoms with Crippen LogP contribution in [0.25, 0.3) is 0 Å². The van der Waals surface area contributed by atoms with Crippen LogP contribution in [0, 0.1) is 0 Å². The SMILES string of the molecule is CCC(C)NCC(=O)NCc1ccccc1OC(F)F. The summed E-state index contributed by atoms with van der Waals surface area (Å²) in [5.41, 5.74) is 0.518. The standard InChI is InChI=1S/C14H20F2N2O2/c1-3-10(2)17-9-13(19)18-8-11-6-4-5-7-12(11)20-14(15)16/h4-7,10,14,17H,3,8-9H2,1-2H3,(H,18,19). The number of alkyl halides is 2. The molecule has 0 spiro atoms. The number of para-hydroxylation sites is 1. The molecule has 0 saturated carbocycles. The molecule has 1 aromatic carbocycles. The van der Waals surface area contributed by atoms with Gasteiger partial charge in [-0.25, -0.2) is 0 Å². The molecule has 1 rings (SSSR count). The zero-order chi connectivity index (χ0) is 15.0. The van der Waals surface area contributed by atoms with Gasteiger partial charge in [-0.15, -0.1) is 0 Å². The van der Waals surface area contributed by atoms with Gasteiger partial charge in [0, 0.05) is 18.2 Å². The Morgan fingerprint density at radius 3 is 2.70 bits per heavy atom. The summed E-state index contributed by atoms with van der Waals surface area (Å²) in [6.45, 7) is 1.49. The number of nitrogens with one attached hydrogen (secondary N) is 2. The van der Waals surface area contributed by atoms with Crippen molar-refractivity contribution < 1.29 is 18.3 Å². The topological polar surface area (TPSA) is 50.4 Å². The van der Waals surface area contributed by atoms with E-state index in [1.807, 2.05) is 13.8 Å². The van der Waals surface area contributed by atoms with Crippen LogP contribution in [0.1, 0.15) is 25.8 Å². The Labute approximate surface area is 117 Å². The van der Waals surface area contributed by atoms with Gasteiger partial charge in [-0.05, 0) is 19.4 Å². The van der Waals surface area contributed by atoms with E-state index in [4.69, 9.17) is 0 Å². The molecular formula is C14H20F2N2O2. The number of halogens is 2. The van der Waals surface area contributed by atoms with Crippen LogP contribution in [0.15, 0.2) is 24.3 Å². The average Bonchev–Trinajstić information content (AvgIpc) is 2.43. The summed E-state index contributed by atoms with van der Waals surface area (Å²) >= 11 is 0. The first kappa shape index (κ1) is 16.4. The minimum Gasteiger partial charge on any atom is -0.434 e. The molecule has 1 amide bonds. The Morgan fingerprint density at radius 2 is 2.05 bits per heavy atom. The molecule has 0 heterocycles. The third kappa shape index (κ3) is 5.97. The number of carbonyl (C=O) groups excluding carboxylic acids is 1. The molecule has 1 unspecified atom stereocenters. The van der Waals surface area contributed by atoms with Gasteiger partial charge in [-0.2, -0.15) is 8.78 Å². The maximum absolute atomic E-state index is 12.2. The molecular weight excluding hydrogens is 266 g/mol. The lowest BCUT2D eigenvalue weighted by Crippen LogP contribution is -2.37. The van der Waals surface area contributed by atoms with E-state index in [-0.39, 0.29) is 30.8 Å². The lowest BCUT2D eigenvalue weighted by Gasteiger charge is -2.13. The number of hydrogen-bond acceptors (Lipinski definition) is 3. The molecule has 6 heteroatoms. The van der Waals surface area contributed by atoms with Crippen LogP contribution in [0.2, 0.25) is 0 Å². The Bertz CT molecular complexity index is 427. The van der Waals surface area contributed by atoms with Gasteiger partial charge in [-0.1, -0.05) is 25.1 Å². The summed E-state index contributed by atoms with van der Waals surface area (Å²) in [6.07, 6.45) is 0.929. The normalized spacial score (nSPS) is 12.2.